The minimum atomic E-state index is -1.18. The number of alkyl carbamates (subject to hydrolysis) is 1. The fraction of sp³-hybridized carbons (Fsp3) is 0.812. The van der Waals surface area contributed by atoms with Gasteiger partial charge in [0.05, 0.1) is 6.10 Å². The van der Waals surface area contributed by atoms with E-state index in [2.05, 4.69) is 5.32 Å². The summed E-state index contributed by atoms with van der Waals surface area (Å²) in [6.45, 7) is 5.49. The fourth-order valence-electron chi connectivity index (χ4n) is 2.69. The molecule has 1 aliphatic heterocycles. The van der Waals surface area contributed by atoms with E-state index in [1.165, 1.54) is 0 Å². The lowest BCUT2D eigenvalue weighted by Crippen LogP contribution is -2.52. The number of β-amino-alcohol motifs (C(OH)–C–C–N with tert-alkyl or cyclic N) is 1. The van der Waals surface area contributed by atoms with Crippen LogP contribution in [-0.4, -0.2) is 70.0 Å². The molecule has 0 aliphatic carbocycles. The first kappa shape index (κ1) is 21.2. The molecule has 1 heterocycles. The first-order valence-corrected chi connectivity index (χ1v) is 8.46. The standard InChI is InChI=1S/C16H29N3O6/c1-16(2,3)25-15(24)18-11(6-4-5-7-17)13(21)19-9-10(20)8-12(19)14(22)23/h10-12,20H,4-9,17H2,1-3H3,(H,18,24)(H,22,23)/t10?,11-,12?/m0/s1. The number of nitrogens with two attached hydrogens (primary N) is 1. The number of nitrogens with zero attached hydrogens (tertiary/aromatic N) is 1. The van der Waals surface area contributed by atoms with Crippen molar-refractivity contribution < 1.29 is 29.3 Å². The number of carbonyl (C=O) groups excluding carboxylic acids is 2. The molecule has 1 aliphatic rings. The fourth-order valence-corrected chi connectivity index (χ4v) is 2.69. The lowest BCUT2D eigenvalue weighted by molar-refractivity contribution is -0.149. The summed E-state index contributed by atoms with van der Waals surface area (Å²) in [6, 6.07) is -2.02. The molecule has 0 radical (unpaired) electrons. The van der Waals surface area contributed by atoms with E-state index < -0.39 is 41.8 Å². The number of unbranched alkanes of at least 4 members (excludes halogenated alkanes) is 1. The van der Waals surface area contributed by atoms with Crippen LogP contribution >= 0.6 is 0 Å². The summed E-state index contributed by atoms with van der Waals surface area (Å²) in [6.07, 6.45) is -0.0831. The van der Waals surface area contributed by atoms with Crippen LogP contribution in [0.5, 0.6) is 0 Å². The molecular formula is C16H29N3O6. The molecule has 0 aromatic carbocycles. The number of rotatable bonds is 7. The number of aliphatic hydroxyl groups excluding tert-OH is 1. The average molecular weight is 359 g/mol. The second kappa shape index (κ2) is 9.00. The van der Waals surface area contributed by atoms with Crippen molar-refractivity contribution in [2.24, 2.45) is 5.73 Å². The number of aliphatic carboxylic acids is 1. The van der Waals surface area contributed by atoms with E-state index in [4.69, 9.17) is 10.5 Å². The van der Waals surface area contributed by atoms with Gasteiger partial charge in [0, 0.05) is 13.0 Å². The topological polar surface area (TPSA) is 142 Å². The van der Waals surface area contributed by atoms with Gasteiger partial charge in [0.15, 0.2) is 0 Å². The van der Waals surface area contributed by atoms with E-state index in [9.17, 15) is 24.6 Å². The predicted octanol–water partition coefficient (Wildman–Crippen LogP) is 0.0551. The van der Waals surface area contributed by atoms with Gasteiger partial charge in [0.25, 0.3) is 0 Å². The molecule has 0 bridgehead atoms. The van der Waals surface area contributed by atoms with Crippen LogP contribution in [0.3, 0.4) is 0 Å². The maximum absolute atomic E-state index is 12.8. The molecule has 0 spiro atoms. The summed E-state index contributed by atoms with van der Waals surface area (Å²) in [5.41, 5.74) is 4.74. The second-order valence-electron chi connectivity index (χ2n) is 7.22. The summed E-state index contributed by atoms with van der Waals surface area (Å²) < 4.78 is 5.17. The molecule has 1 rings (SSSR count). The van der Waals surface area contributed by atoms with Gasteiger partial charge in [0.1, 0.15) is 17.7 Å². The number of aliphatic hydroxyl groups is 1. The predicted molar refractivity (Wildman–Crippen MR) is 89.8 cm³/mol. The van der Waals surface area contributed by atoms with Crippen LogP contribution in [0.1, 0.15) is 46.5 Å². The lowest BCUT2D eigenvalue weighted by Gasteiger charge is -2.28. The zero-order valence-electron chi connectivity index (χ0n) is 15.0. The number of ether oxygens (including phenoxy) is 1. The Hall–Kier alpha value is -1.87. The first-order chi connectivity index (χ1) is 11.5. The maximum atomic E-state index is 12.8. The van der Waals surface area contributed by atoms with Crippen LogP contribution in [-0.2, 0) is 14.3 Å². The van der Waals surface area contributed by atoms with Crippen LogP contribution in [0.25, 0.3) is 0 Å². The normalized spacial score (nSPS) is 21.7. The number of amides is 2. The number of likely N-dealkylation sites (tertiary alicyclic amines) is 1. The molecule has 3 atom stereocenters. The van der Waals surface area contributed by atoms with Gasteiger partial charge in [-0.1, -0.05) is 0 Å². The molecule has 1 saturated heterocycles. The maximum Gasteiger partial charge on any atom is 0.408 e. The van der Waals surface area contributed by atoms with Crippen molar-refractivity contribution in [3.63, 3.8) is 0 Å². The molecule has 1 fully saturated rings. The van der Waals surface area contributed by atoms with E-state index >= 15 is 0 Å². The number of carboxylic acids is 1. The first-order valence-electron chi connectivity index (χ1n) is 8.46. The van der Waals surface area contributed by atoms with Crippen LogP contribution < -0.4 is 11.1 Å². The minimum absolute atomic E-state index is 0.0248. The van der Waals surface area contributed by atoms with E-state index in [-0.39, 0.29) is 13.0 Å². The molecule has 2 amide bonds. The van der Waals surface area contributed by atoms with Crippen LogP contribution in [0.4, 0.5) is 4.79 Å². The zero-order chi connectivity index (χ0) is 19.2. The summed E-state index contributed by atoms with van der Waals surface area (Å²) >= 11 is 0. The molecule has 9 heteroatoms. The van der Waals surface area contributed by atoms with E-state index in [1.807, 2.05) is 0 Å². The van der Waals surface area contributed by atoms with Crippen molar-refractivity contribution in [1.29, 1.82) is 0 Å². The summed E-state index contributed by atoms with van der Waals surface area (Å²) in [5.74, 6) is -1.71. The van der Waals surface area contributed by atoms with Gasteiger partial charge in [-0.2, -0.15) is 0 Å². The SMILES string of the molecule is CC(C)(C)OC(=O)N[C@@H](CCCCN)C(=O)N1CC(O)CC1C(=O)O. The van der Waals surface area contributed by atoms with E-state index in [1.54, 1.807) is 20.8 Å². The Balaban J connectivity index is 2.84. The van der Waals surface area contributed by atoms with Gasteiger partial charge in [-0.3, -0.25) is 4.79 Å². The lowest BCUT2D eigenvalue weighted by atomic mass is 10.1. The van der Waals surface area contributed by atoms with Crippen molar-refractivity contribution >= 4 is 18.0 Å². The number of carbonyl (C=O) groups is 3. The Bertz CT molecular complexity index is 491. The van der Waals surface area contributed by atoms with Crippen LogP contribution in [0.2, 0.25) is 0 Å². The third-order valence-electron chi connectivity index (χ3n) is 3.78. The smallest absolute Gasteiger partial charge is 0.408 e. The van der Waals surface area contributed by atoms with Crippen molar-refractivity contribution in [3.05, 3.63) is 0 Å². The largest absolute Gasteiger partial charge is 0.480 e. The molecule has 0 aromatic heterocycles. The van der Waals surface area contributed by atoms with Gasteiger partial charge in [-0.25, -0.2) is 9.59 Å². The molecule has 0 saturated carbocycles. The monoisotopic (exact) mass is 359 g/mol. The Morgan fingerprint density at radius 1 is 1.32 bits per heavy atom. The highest BCUT2D eigenvalue weighted by atomic mass is 16.6. The third-order valence-corrected chi connectivity index (χ3v) is 3.78. The van der Waals surface area contributed by atoms with E-state index in [0.29, 0.717) is 25.8 Å². The van der Waals surface area contributed by atoms with Gasteiger partial charge < -0.3 is 30.9 Å². The number of hydrogen-bond acceptors (Lipinski definition) is 6. The van der Waals surface area contributed by atoms with Gasteiger partial charge in [0.2, 0.25) is 5.91 Å². The number of carboxylic acid groups (broad SMARTS) is 1. The average Bonchev–Trinajstić information content (AvgIpc) is 2.86. The molecular weight excluding hydrogens is 330 g/mol. The van der Waals surface area contributed by atoms with Crippen molar-refractivity contribution in [2.45, 2.75) is 70.2 Å². The van der Waals surface area contributed by atoms with Crippen molar-refractivity contribution in [3.8, 4) is 0 Å². The Morgan fingerprint density at radius 2 is 1.96 bits per heavy atom. The summed E-state index contributed by atoms with van der Waals surface area (Å²) in [7, 11) is 0. The van der Waals surface area contributed by atoms with E-state index in [0.717, 1.165) is 4.90 Å². The summed E-state index contributed by atoms with van der Waals surface area (Å²) in [4.78, 5) is 37.2. The van der Waals surface area contributed by atoms with Gasteiger partial charge in [-0.15, -0.1) is 0 Å². The van der Waals surface area contributed by atoms with Gasteiger partial charge in [-0.05, 0) is 46.6 Å². The highest BCUT2D eigenvalue weighted by molar-refractivity contribution is 5.89. The van der Waals surface area contributed by atoms with Crippen LogP contribution in [0, 0.1) is 0 Å². The van der Waals surface area contributed by atoms with Crippen LogP contribution in [0.15, 0.2) is 0 Å². The molecule has 2 unspecified atom stereocenters. The Morgan fingerprint density at radius 3 is 2.48 bits per heavy atom. The molecule has 0 aromatic rings. The minimum Gasteiger partial charge on any atom is -0.480 e. The number of hydrogen-bond donors (Lipinski definition) is 4. The van der Waals surface area contributed by atoms with Crippen molar-refractivity contribution in [2.75, 3.05) is 13.1 Å². The highest BCUT2D eigenvalue weighted by Gasteiger charge is 2.41. The molecule has 144 valence electrons. The summed E-state index contributed by atoms with van der Waals surface area (Å²) in [5, 5.41) is 21.5. The van der Waals surface area contributed by atoms with Crippen molar-refractivity contribution in [1.82, 2.24) is 10.2 Å². The highest BCUT2D eigenvalue weighted by Crippen LogP contribution is 2.20. The molecule has 25 heavy (non-hydrogen) atoms. The molecule has 9 nitrogen and oxygen atoms in total. The van der Waals surface area contributed by atoms with Gasteiger partial charge >= 0.3 is 12.1 Å². The second-order valence-corrected chi connectivity index (χ2v) is 7.22. The zero-order valence-corrected chi connectivity index (χ0v) is 15.0. The quantitative estimate of drug-likeness (QED) is 0.471. The third kappa shape index (κ3) is 6.87. The molecule has 5 N–H and O–H groups in total. The Kier molecular flexibility index (Phi) is 7.62. The number of nitrogens with one attached hydrogen (secondary N) is 1. The Labute approximate surface area is 147 Å².